The average Bonchev–Trinajstić information content (AvgIpc) is 2.37. The average molecular weight is 357 g/mol. The normalized spacial score (nSPS) is 18.0. The maximum atomic E-state index is 13.0. The Balaban J connectivity index is 0.00000220. The standard InChI is InChI=1S/C13H18ClFN2O2S.ClH/c1-13(4-6-16-7-5-13)9-17-20(18,19)12-3-2-10(15)8-11(12)14;/h2-3,8,16-17H,4-7,9H2,1H3;1H. The van der Waals surface area contributed by atoms with Crippen molar-refractivity contribution in [2.24, 2.45) is 5.41 Å². The summed E-state index contributed by atoms with van der Waals surface area (Å²) in [6.45, 7) is 4.18. The molecule has 1 aliphatic heterocycles. The van der Waals surface area contributed by atoms with Gasteiger partial charge in [0.25, 0.3) is 0 Å². The Bertz CT molecular complexity index is 590. The number of hydrogen-bond donors (Lipinski definition) is 2. The third-order valence-electron chi connectivity index (χ3n) is 3.68. The van der Waals surface area contributed by atoms with Crippen LogP contribution in [-0.4, -0.2) is 28.1 Å². The highest BCUT2D eigenvalue weighted by Gasteiger charge is 2.29. The summed E-state index contributed by atoms with van der Waals surface area (Å²) in [6, 6.07) is 3.28. The van der Waals surface area contributed by atoms with Gasteiger partial charge in [-0.05, 0) is 49.5 Å². The fourth-order valence-corrected chi connectivity index (χ4v) is 3.98. The Morgan fingerprint density at radius 1 is 1.38 bits per heavy atom. The maximum Gasteiger partial charge on any atom is 0.242 e. The summed E-state index contributed by atoms with van der Waals surface area (Å²) in [4.78, 5) is -0.0851. The van der Waals surface area contributed by atoms with Gasteiger partial charge in [0, 0.05) is 6.54 Å². The molecule has 1 aromatic carbocycles. The number of hydrogen-bond acceptors (Lipinski definition) is 3. The summed E-state index contributed by atoms with van der Waals surface area (Å²) < 4.78 is 40.0. The van der Waals surface area contributed by atoms with Crippen LogP contribution in [0.5, 0.6) is 0 Å². The molecule has 1 fully saturated rings. The minimum atomic E-state index is -3.71. The number of sulfonamides is 1. The van der Waals surface area contributed by atoms with E-state index in [2.05, 4.69) is 17.0 Å². The lowest BCUT2D eigenvalue weighted by atomic mass is 9.81. The van der Waals surface area contributed by atoms with E-state index in [0.717, 1.165) is 38.1 Å². The van der Waals surface area contributed by atoms with E-state index in [1.807, 2.05) is 0 Å². The zero-order valence-corrected chi connectivity index (χ0v) is 14.0. The molecule has 1 saturated heterocycles. The molecular formula is C13H19Cl2FN2O2S. The fraction of sp³-hybridized carbons (Fsp3) is 0.538. The fourth-order valence-electron chi connectivity index (χ4n) is 2.25. The molecule has 21 heavy (non-hydrogen) atoms. The highest BCUT2D eigenvalue weighted by Crippen LogP contribution is 2.28. The molecule has 0 bridgehead atoms. The number of piperidine rings is 1. The van der Waals surface area contributed by atoms with E-state index < -0.39 is 15.8 Å². The minimum absolute atomic E-state index is 0. The molecule has 0 aliphatic carbocycles. The summed E-state index contributed by atoms with van der Waals surface area (Å²) in [5.41, 5.74) is -0.0647. The smallest absolute Gasteiger partial charge is 0.242 e. The monoisotopic (exact) mass is 356 g/mol. The zero-order chi connectivity index (χ0) is 14.8. The Kier molecular flexibility index (Phi) is 6.43. The minimum Gasteiger partial charge on any atom is -0.317 e. The lowest BCUT2D eigenvalue weighted by molar-refractivity contribution is 0.232. The SMILES string of the molecule is CC1(CNS(=O)(=O)c2ccc(F)cc2Cl)CCNCC1.Cl. The van der Waals surface area contributed by atoms with E-state index in [1.54, 1.807) is 0 Å². The van der Waals surface area contributed by atoms with Crippen LogP contribution in [0.15, 0.2) is 23.1 Å². The molecule has 0 unspecified atom stereocenters. The van der Waals surface area contributed by atoms with Gasteiger partial charge >= 0.3 is 0 Å². The molecule has 120 valence electrons. The van der Waals surface area contributed by atoms with Gasteiger partial charge in [-0.1, -0.05) is 18.5 Å². The van der Waals surface area contributed by atoms with Gasteiger partial charge in [0.15, 0.2) is 0 Å². The van der Waals surface area contributed by atoms with Crippen molar-refractivity contribution < 1.29 is 12.8 Å². The molecule has 2 rings (SSSR count). The second-order valence-corrected chi connectivity index (χ2v) is 7.60. The van der Waals surface area contributed by atoms with Gasteiger partial charge in [-0.25, -0.2) is 17.5 Å². The van der Waals surface area contributed by atoms with E-state index in [1.165, 1.54) is 6.07 Å². The van der Waals surface area contributed by atoms with E-state index in [0.29, 0.717) is 6.54 Å². The van der Waals surface area contributed by atoms with E-state index in [-0.39, 0.29) is 27.7 Å². The highest BCUT2D eigenvalue weighted by molar-refractivity contribution is 7.89. The first-order valence-corrected chi connectivity index (χ1v) is 8.34. The van der Waals surface area contributed by atoms with Crippen molar-refractivity contribution in [1.82, 2.24) is 10.0 Å². The number of nitrogens with one attached hydrogen (secondary N) is 2. The maximum absolute atomic E-state index is 13.0. The summed E-state index contributed by atoms with van der Waals surface area (Å²) in [5, 5.41) is 3.14. The first kappa shape index (κ1) is 18.6. The molecule has 0 spiro atoms. The van der Waals surface area contributed by atoms with Crippen molar-refractivity contribution in [2.45, 2.75) is 24.7 Å². The van der Waals surface area contributed by atoms with Crippen LogP contribution in [0.1, 0.15) is 19.8 Å². The molecule has 1 aromatic rings. The van der Waals surface area contributed by atoms with Gasteiger partial charge in [-0.3, -0.25) is 0 Å². The van der Waals surface area contributed by atoms with Crippen molar-refractivity contribution in [2.75, 3.05) is 19.6 Å². The molecule has 1 aliphatic rings. The third kappa shape index (κ3) is 4.79. The van der Waals surface area contributed by atoms with Crippen LogP contribution in [0.4, 0.5) is 4.39 Å². The van der Waals surface area contributed by atoms with Crippen molar-refractivity contribution in [3.05, 3.63) is 29.0 Å². The van der Waals surface area contributed by atoms with E-state index >= 15 is 0 Å². The first-order chi connectivity index (χ1) is 9.32. The topological polar surface area (TPSA) is 58.2 Å². The molecule has 4 nitrogen and oxygen atoms in total. The second kappa shape index (κ2) is 7.24. The Morgan fingerprint density at radius 3 is 2.57 bits per heavy atom. The predicted molar refractivity (Wildman–Crippen MR) is 84.1 cm³/mol. The Hall–Kier alpha value is -0.400. The van der Waals surface area contributed by atoms with Gasteiger partial charge < -0.3 is 5.32 Å². The molecule has 0 radical (unpaired) electrons. The summed E-state index contributed by atoms with van der Waals surface area (Å²) >= 11 is 5.80. The van der Waals surface area contributed by atoms with Gasteiger partial charge in [0.05, 0.1) is 5.02 Å². The molecular weight excluding hydrogens is 338 g/mol. The molecule has 8 heteroatoms. The highest BCUT2D eigenvalue weighted by atomic mass is 35.5. The Morgan fingerprint density at radius 2 is 2.00 bits per heavy atom. The molecule has 2 N–H and O–H groups in total. The molecule has 1 heterocycles. The van der Waals surface area contributed by atoms with Gasteiger partial charge in [0.1, 0.15) is 10.7 Å². The summed E-state index contributed by atoms with van der Waals surface area (Å²) in [5.74, 6) is -0.556. The van der Waals surface area contributed by atoms with Crippen LogP contribution in [0.2, 0.25) is 5.02 Å². The van der Waals surface area contributed by atoms with Gasteiger partial charge in [0.2, 0.25) is 10.0 Å². The van der Waals surface area contributed by atoms with Crippen LogP contribution in [0.3, 0.4) is 0 Å². The molecule has 0 atom stereocenters. The lowest BCUT2D eigenvalue weighted by Crippen LogP contribution is -2.42. The van der Waals surface area contributed by atoms with E-state index in [4.69, 9.17) is 11.6 Å². The predicted octanol–water partition coefficient (Wildman–Crippen LogP) is 2.57. The van der Waals surface area contributed by atoms with Crippen LogP contribution < -0.4 is 10.0 Å². The number of rotatable bonds is 4. The molecule has 0 amide bonds. The quantitative estimate of drug-likeness (QED) is 0.871. The summed E-state index contributed by atoms with van der Waals surface area (Å²) in [6.07, 6.45) is 1.82. The van der Waals surface area contributed by atoms with Gasteiger partial charge in [-0.2, -0.15) is 0 Å². The first-order valence-electron chi connectivity index (χ1n) is 6.48. The van der Waals surface area contributed by atoms with Gasteiger partial charge in [-0.15, -0.1) is 12.4 Å². The van der Waals surface area contributed by atoms with Crippen molar-refractivity contribution in [1.29, 1.82) is 0 Å². The Labute approximate surface area is 135 Å². The number of halogens is 3. The van der Waals surface area contributed by atoms with Crippen LogP contribution in [0, 0.1) is 11.2 Å². The van der Waals surface area contributed by atoms with Crippen LogP contribution in [0.25, 0.3) is 0 Å². The zero-order valence-electron chi connectivity index (χ0n) is 11.7. The van der Waals surface area contributed by atoms with Crippen LogP contribution in [-0.2, 0) is 10.0 Å². The van der Waals surface area contributed by atoms with Crippen molar-refractivity contribution in [3.8, 4) is 0 Å². The summed E-state index contributed by atoms with van der Waals surface area (Å²) in [7, 11) is -3.71. The second-order valence-electron chi connectivity index (χ2n) is 5.46. The van der Waals surface area contributed by atoms with Crippen molar-refractivity contribution >= 4 is 34.0 Å². The largest absolute Gasteiger partial charge is 0.317 e. The molecule has 0 aromatic heterocycles. The van der Waals surface area contributed by atoms with E-state index in [9.17, 15) is 12.8 Å². The van der Waals surface area contributed by atoms with Crippen molar-refractivity contribution in [3.63, 3.8) is 0 Å². The molecule has 0 saturated carbocycles. The number of benzene rings is 1. The lowest BCUT2D eigenvalue weighted by Gasteiger charge is -2.34. The van der Waals surface area contributed by atoms with Crippen LogP contribution >= 0.6 is 24.0 Å². The third-order valence-corrected chi connectivity index (χ3v) is 5.57.